The lowest BCUT2D eigenvalue weighted by Crippen LogP contribution is -2.34. The lowest BCUT2D eigenvalue weighted by molar-refractivity contribution is -0.178. The molecule has 2 saturated carbocycles. The quantitative estimate of drug-likeness (QED) is 0.477. The molecule has 2 aliphatic heterocycles. The minimum atomic E-state index is -0.406. The highest BCUT2D eigenvalue weighted by Gasteiger charge is 2.41. The van der Waals surface area contributed by atoms with Gasteiger partial charge in [0.25, 0.3) is 0 Å². The Balaban J connectivity index is 0.000000142. The lowest BCUT2D eigenvalue weighted by Gasteiger charge is -2.35. The highest BCUT2D eigenvalue weighted by molar-refractivity contribution is 5.22. The van der Waals surface area contributed by atoms with Crippen LogP contribution in [0.1, 0.15) is 74.3 Å². The minimum absolute atomic E-state index is 0.163. The largest absolute Gasteiger partial charge is 0.457 e. The fourth-order valence-corrected chi connectivity index (χ4v) is 5.60. The summed E-state index contributed by atoms with van der Waals surface area (Å²) in [6.07, 6.45) is 11.1. The zero-order valence-electron chi connectivity index (χ0n) is 19.4. The summed E-state index contributed by atoms with van der Waals surface area (Å²) in [7, 11) is 0. The minimum Gasteiger partial charge on any atom is -0.457 e. The van der Waals surface area contributed by atoms with Crippen LogP contribution in [0.4, 0.5) is 8.78 Å². The Morgan fingerprint density at radius 3 is 1.35 bits per heavy atom. The Kier molecular flexibility index (Phi) is 6.89. The van der Waals surface area contributed by atoms with Gasteiger partial charge in [-0.25, -0.2) is 8.78 Å². The summed E-state index contributed by atoms with van der Waals surface area (Å²) in [5, 5.41) is 0. The predicted molar refractivity (Wildman–Crippen MR) is 124 cm³/mol. The van der Waals surface area contributed by atoms with Crippen molar-refractivity contribution in [1.29, 1.82) is 0 Å². The van der Waals surface area contributed by atoms with Crippen molar-refractivity contribution in [2.45, 2.75) is 74.8 Å². The number of ether oxygens (including phenoxy) is 4. The summed E-state index contributed by atoms with van der Waals surface area (Å²) >= 11 is 0. The Bertz CT molecular complexity index is 879. The van der Waals surface area contributed by atoms with Crippen molar-refractivity contribution in [3.8, 4) is 0 Å². The SMILES string of the molecule is Fc1ccc(C2CCC3(CC2)OC=CO3)cc1.Fc1ccc(C2CCC3(CC2)OCCO3)cc1. The Morgan fingerprint density at radius 2 is 0.941 bits per heavy atom. The van der Waals surface area contributed by atoms with Gasteiger partial charge < -0.3 is 18.9 Å². The van der Waals surface area contributed by atoms with Gasteiger partial charge in [-0.05, 0) is 72.9 Å². The van der Waals surface area contributed by atoms with Gasteiger partial charge in [0.1, 0.15) is 24.2 Å². The smallest absolute Gasteiger partial charge is 0.249 e. The van der Waals surface area contributed by atoms with Crippen LogP contribution in [0.5, 0.6) is 0 Å². The summed E-state index contributed by atoms with van der Waals surface area (Å²) in [5.74, 6) is -0.0215. The number of hydrogen-bond acceptors (Lipinski definition) is 4. The number of hydrogen-bond donors (Lipinski definition) is 0. The third-order valence-electron chi connectivity index (χ3n) is 7.61. The summed E-state index contributed by atoms with van der Waals surface area (Å²) in [6, 6.07) is 13.7. The summed E-state index contributed by atoms with van der Waals surface area (Å²) in [6.45, 7) is 1.45. The summed E-state index contributed by atoms with van der Waals surface area (Å²) < 4.78 is 48.1. The lowest BCUT2D eigenvalue weighted by atomic mass is 9.81. The van der Waals surface area contributed by atoms with Gasteiger partial charge in [0.15, 0.2) is 5.79 Å². The molecule has 2 aromatic rings. The fraction of sp³-hybridized carbons (Fsp3) is 0.500. The Labute approximate surface area is 199 Å². The molecule has 0 atom stereocenters. The Morgan fingerprint density at radius 1 is 0.559 bits per heavy atom. The van der Waals surface area contributed by atoms with Crippen LogP contribution in [0.2, 0.25) is 0 Å². The van der Waals surface area contributed by atoms with Crippen molar-refractivity contribution in [1.82, 2.24) is 0 Å². The molecule has 0 amide bonds. The van der Waals surface area contributed by atoms with Crippen molar-refractivity contribution in [3.63, 3.8) is 0 Å². The second-order valence-corrected chi connectivity index (χ2v) is 9.68. The average Bonchev–Trinajstić information content (AvgIpc) is 3.52. The van der Waals surface area contributed by atoms with Crippen LogP contribution in [0.15, 0.2) is 61.1 Å². The second kappa shape index (κ2) is 10.0. The highest BCUT2D eigenvalue weighted by atomic mass is 19.1. The predicted octanol–water partition coefficient (Wildman–Crippen LogP) is 6.92. The van der Waals surface area contributed by atoms with E-state index in [2.05, 4.69) is 0 Å². The first-order valence-corrected chi connectivity index (χ1v) is 12.3. The van der Waals surface area contributed by atoms with E-state index >= 15 is 0 Å². The molecule has 2 heterocycles. The molecule has 3 fully saturated rings. The number of rotatable bonds is 2. The van der Waals surface area contributed by atoms with Crippen molar-refractivity contribution in [3.05, 3.63) is 83.8 Å². The number of halogens is 2. The fourth-order valence-electron chi connectivity index (χ4n) is 5.60. The van der Waals surface area contributed by atoms with E-state index < -0.39 is 5.79 Å². The molecule has 2 aliphatic carbocycles. The molecule has 0 unspecified atom stereocenters. The first-order chi connectivity index (χ1) is 16.5. The van der Waals surface area contributed by atoms with Gasteiger partial charge in [0, 0.05) is 25.7 Å². The van der Waals surface area contributed by atoms with Crippen molar-refractivity contribution in [2.75, 3.05) is 13.2 Å². The van der Waals surface area contributed by atoms with Gasteiger partial charge in [0.2, 0.25) is 5.79 Å². The van der Waals surface area contributed by atoms with Crippen LogP contribution in [0.25, 0.3) is 0 Å². The standard InChI is InChI=1S/C14H17FO2.C14H15FO2/c2*15-13-3-1-11(2-4-13)12-5-7-14(8-6-12)16-9-10-17-14/h1-4,12H,5-10H2;1-4,9-10,12H,5-8H2. The van der Waals surface area contributed by atoms with Gasteiger partial charge in [-0.1, -0.05) is 24.3 Å². The van der Waals surface area contributed by atoms with Crippen LogP contribution in [0, 0.1) is 11.6 Å². The van der Waals surface area contributed by atoms with E-state index in [4.69, 9.17) is 18.9 Å². The van der Waals surface area contributed by atoms with E-state index in [1.807, 2.05) is 24.3 Å². The zero-order valence-corrected chi connectivity index (χ0v) is 19.4. The molecule has 0 N–H and O–H groups in total. The maximum Gasteiger partial charge on any atom is 0.249 e. The first kappa shape index (κ1) is 23.3. The van der Waals surface area contributed by atoms with E-state index in [0.29, 0.717) is 11.8 Å². The molecular weight excluding hydrogens is 438 g/mol. The van der Waals surface area contributed by atoms with Crippen molar-refractivity contribution in [2.24, 2.45) is 0 Å². The van der Waals surface area contributed by atoms with Gasteiger partial charge in [-0.15, -0.1) is 0 Å². The normalized spacial score (nSPS) is 24.9. The van der Waals surface area contributed by atoms with Gasteiger partial charge >= 0.3 is 0 Å². The average molecular weight is 471 g/mol. The maximum absolute atomic E-state index is 12.9. The summed E-state index contributed by atoms with van der Waals surface area (Å²) in [5.41, 5.74) is 2.45. The van der Waals surface area contributed by atoms with Crippen molar-refractivity contribution < 1.29 is 27.7 Å². The first-order valence-electron chi connectivity index (χ1n) is 12.3. The van der Waals surface area contributed by atoms with E-state index in [1.165, 1.54) is 23.3 Å². The molecule has 2 spiro atoms. The molecule has 0 radical (unpaired) electrons. The molecule has 0 aromatic heterocycles. The monoisotopic (exact) mass is 470 g/mol. The van der Waals surface area contributed by atoms with Gasteiger partial charge in [-0.2, -0.15) is 0 Å². The van der Waals surface area contributed by atoms with Crippen LogP contribution in [-0.4, -0.2) is 24.8 Å². The third-order valence-corrected chi connectivity index (χ3v) is 7.61. The van der Waals surface area contributed by atoms with Crippen LogP contribution in [0.3, 0.4) is 0 Å². The van der Waals surface area contributed by atoms with Crippen LogP contribution >= 0.6 is 0 Å². The molecule has 182 valence electrons. The zero-order chi connectivity index (χ0) is 23.4. The molecule has 0 bridgehead atoms. The molecule has 34 heavy (non-hydrogen) atoms. The van der Waals surface area contributed by atoms with Crippen LogP contribution < -0.4 is 0 Å². The van der Waals surface area contributed by atoms with E-state index in [0.717, 1.165) is 64.6 Å². The molecular formula is C28H32F2O4. The highest BCUT2D eigenvalue weighted by Crippen LogP contribution is 2.43. The molecule has 6 rings (SSSR count). The van der Waals surface area contributed by atoms with E-state index in [-0.39, 0.29) is 17.4 Å². The second-order valence-electron chi connectivity index (χ2n) is 9.68. The van der Waals surface area contributed by atoms with E-state index in [9.17, 15) is 8.78 Å². The molecule has 4 aliphatic rings. The van der Waals surface area contributed by atoms with E-state index in [1.54, 1.807) is 24.7 Å². The van der Waals surface area contributed by atoms with Gasteiger partial charge in [0.05, 0.1) is 13.2 Å². The summed E-state index contributed by atoms with van der Waals surface area (Å²) in [4.78, 5) is 0. The maximum atomic E-state index is 12.9. The van der Waals surface area contributed by atoms with Gasteiger partial charge in [-0.3, -0.25) is 0 Å². The van der Waals surface area contributed by atoms with Crippen molar-refractivity contribution >= 4 is 0 Å². The van der Waals surface area contributed by atoms with Crippen LogP contribution in [-0.2, 0) is 18.9 Å². The molecule has 4 nitrogen and oxygen atoms in total. The topological polar surface area (TPSA) is 36.9 Å². The molecule has 2 aromatic carbocycles. The Hall–Kier alpha value is -2.44. The molecule has 6 heteroatoms. The third kappa shape index (κ3) is 5.28. The number of benzene rings is 2. The molecule has 1 saturated heterocycles.